The molecule has 22 heavy (non-hydrogen) atoms. The minimum Gasteiger partial charge on any atom is -0.466 e. The quantitative estimate of drug-likeness (QED) is 0.277. The molecule has 1 aromatic heterocycles. The van der Waals surface area contributed by atoms with Gasteiger partial charge >= 0.3 is 0 Å². The summed E-state index contributed by atoms with van der Waals surface area (Å²) in [6.07, 6.45) is 3.30. The number of halogens is 1. The van der Waals surface area contributed by atoms with Crippen LogP contribution in [0.15, 0.2) is 15.5 Å². The minimum absolute atomic E-state index is 0. The van der Waals surface area contributed by atoms with Crippen LogP contribution in [0.25, 0.3) is 0 Å². The number of aryl methyl sites for hydroxylation is 2. The van der Waals surface area contributed by atoms with Crippen LogP contribution < -0.4 is 10.6 Å². The van der Waals surface area contributed by atoms with Crippen molar-refractivity contribution in [2.24, 2.45) is 4.99 Å². The summed E-state index contributed by atoms with van der Waals surface area (Å²) < 4.78 is 11.0. The number of nitrogens with one attached hydrogen (secondary N) is 2. The Hall–Kier alpha value is -0.760. The number of furan rings is 1. The highest BCUT2D eigenvalue weighted by Gasteiger charge is 2.05. The van der Waals surface area contributed by atoms with Gasteiger partial charge in [-0.1, -0.05) is 13.3 Å². The molecule has 0 aromatic carbocycles. The van der Waals surface area contributed by atoms with Crippen molar-refractivity contribution >= 4 is 29.9 Å². The largest absolute Gasteiger partial charge is 0.466 e. The second kappa shape index (κ2) is 12.8. The number of aliphatic imine (C=N–C) groups is 1. The predicted octanol–water partition coefficient (Wildman–Crippen LogP) is 3.39. The topological polar surface area (TPSA) is 58.8 Å². The summed E-state index contributed by atoms with van der Waals surface area (Å²) >= 11 is 0. The molecule has 0 fully saturated rings. The molecule has 0 aliphatic heterocycles. The second-order valence-corrected chi connectivity index (χ2v) is 5.11. The fourth-order valence-electron chi connectivity index (χ4n) is 1.99. The fraction of sp³-hybridized carbons (Fsp3) is 0.688. The maximum atomic E-state index is 5.52. The summed E-state index contributed by atoms with van der Waals surface area (Å²) in [6.45, 7) is 9.34. The van der Waals surface area contributed by atoms with Crippen molar-refractivity contribution in [3.63, 3.8) is 0 Å². The van der Waals surface area contributed by atoms with Gasteiger partial charge in [0.15, 0.2) is 5.96 Å². The summed E-state index contributed by atoms with van der Waals surface area (Å²) in [5, 5.41) is 6.57. The monoisotopic (exact) mass is 423 g/mol. The van der Waals surface area contributed by atoms with Crippen LogP contribution in [-0.2, 0) is 11.3 Å². The van der Waals surface area contributed by atoms with Gasteiger partial charge in [-0.25, -0.2) is 0 Å². The van der Waals surface area contributed by atoms with E-state index in [4.69, 9.17) is 9.15 Å². The predicted molar refractivity (Wildman–Crippen MR) is 102 cm³/mol. The van der Waals surface area contributed by atoms with E-state index in [0.717, 1.165) is 56.6 Å². The third kappa shape index (κ3) is 8.63. The van der Waals surface area contributed by atoms with Crippen molar-refractivity contribution in [2.45, 2.75) is 46.6 Å². The van der Waals surface area contributed by atoms with Crippen molar-refractivity contribution in [3.8, 4) is 0 Å². The Morgan fingerprint density at radius 1 is 1.23 bits per heavy atom. The maximum absolute atomic E-state index is 5.52. The van der Waals surface area contributed by atoms with Crippen LogP contribution in [0.2, 0.25) is 0 Å². The van der Waals surface area contributed by atoms with Crippen LogP contribution in [0.3, 0.4) is 0 Å². The van der Waals surface area contributed by atoms with Gasteiger partial charge in [-0.3, -0.25) is 4.99 Å². The van der Waals surface area contributed by atoms with Crippen LogP contribution in [0, 0.1) is 13.8 Å². The number of guanidine groups is 1. The number of hydrogen-bond donors (Lipinski definition) is 2. The average Bonchev–Trinajstić information content (AvgIpc) is 2.79. The SMILES string of the molecule is CCCCOCCCNC(=NC)NCc1cc(C)oc1C.I. The molecule has 0 spiro atoms. The lowest BCUT2D eigenvalue weighted by Gasteiger charge is -2.11. The van der Waals surface area contributed by atoms with Crippen molar-refractivity contribution in [1.82, 2.24) is 10.6 Å². The first-order valence-corrected chi connectivity index (χ1v) is 7.75. The molecule has 0 aliphatic rings. The van der Waals surface area contributed by atoms with E-state index in [-0.39, 0.29) is 24.0 Å². The molecule has 0 radical (unpaired) electrons. The first-order valence-electron chi connectivity index (χ1n) is 7.75. The summed E-state index contributed by atoms with van der Waals surface area (Å²) in [5.41, 5.74) is 1.17. The van der Waals surface area contributed by atoms with Gasteiger partial charge in [0.25, 0.3) is 0 Å². The fourth-order valence-corrected chi connectivity index (χ4v) is 1.99. The Kier molecular flexibility index (Phi) is 12.3. The van der Waals surface area contributed by atoms with Gasteiger partial charge < -0.3 is 19.8 Å². The van der Waals surface area contributed by atoms with Crippen molar-refractivity contribution in [3.05, 3.63) is 23.2 Å². The van der Waals surface area contributed by atoms with E-state index in [1.807, 2.05) is 13.8 Å². The standard InChI is InChI=1S/C16H29N3O2.HI/c1-5-6-9-20-10-7-8-18-16(17-4)19-12-15-11-13(2)21-14(15)3;/h11H,5-10,12H2,1-4H3,(H2,17,18,19);1H. The molecule has 0 saturated carbocycles. The Labute approximate surface area is 151 Å². The molecular formula is C16H30IN3O2. The molecule has 0 unspecified atom stereocenters. The highest BCUT2D eigenvalue weighted by Crippen LogP contribution is 2.12. The van der Waals surface area contributed by atoms with E-state index in [1.54, 1.807) is 7.05 Å². The number of rotatable bonds is 9. The van der Waals surface area contributed by atoms with Gasteiger partial charge in [-0.2, -0.15) is 0 Å². The van der Waals surface area contributed by atoms with Crippen LogP contribution in [0.4, 0.5) is 0 Å². The van der Waals surface area contributed by atoms with E-state index in [2.05, 4.69) is 28.6 Å². The van der Waals surface area contributed by atoms with Crippen molar-refractivity contribution < 1.29 is 9.15 Å². The molecule has 0 atom stereocenters. The third-order valence-electron chi connectivity index (χ3n) is 3.21. The van der Waals surface area contributed by atoms with Crippen molar-refractivity contribution in [1.29, 1.82) is 0 Å². The molecule has 1 aromatic rings. The Morgan fingerprint density at radius 2 is 1.95 bits per heavy atom. The normalized spacial score (nSPS) is 11.2. The van der Waals surface area contributed by atoms with E-state index < -0.39 is 0 Å². The third-order valence-corrected chi connectivity index (χ3v) is 3.21. The average molecular weight is 423 g/mol. The number of ether oxygens (including phenoxy) is 1. The zero-order valence-corrected chi connectivity index (χ0v) is 16.5. The molecule has 1 rings (SSSR count). The first kappa shape index (κ1) is 21.2. The number of nitrogens with zero attached hydrogens (tertiary/aromatic N) is 1. The van der Waals surface area contributed by atoms with E-state index in [0.29, 0.717) is 0 Å². The zero-order chi connectivity index (χ0) is 15.5. The van der Waals surface area contributed by atoms with E-state index in [9.17, 15) is 0 Å². The molecule has 0 aliphatic carbocycles. The minimum atomic E-state index is 0. The Morgan fingerprint density at radius 3 is 2.55 bits per heavy atom. The Balaban J connectivity index is 0.00000441. The summed E-state index contributed by atoms with van der Waals surface area (Å²) in [7, 11) is 1.78. The van der Waals surface area contributed by atoms with Gasteiger partial charge in [0, 0.05) is 38.9 Å². The molecule has 6 heteroatoms. The lowest BCUT2D eigenvalue weighted by Crippen LogP contribution is -2.37. The molecule has 128 valence electrons. The summed E-state index contributed by atoms with van der Waals surface area (Å²) in [5.74, 6) is 2.71. The van der Waals surface area contributed by atoms with Gasteiger partial charge in [0.05, 0.1) is 0 Å². The number of unbranched alkanes of at least 4 members (excludes halogenated alkanes) is 1. The lowest BCUT2D eigenvalue weighted by atomic mass is 10.2. The van der Waals surface area contributed by atoms with Gasteiger partial charge in [-0.15, -0.1) is 24.0 Å². The zero-order valence-electron chi connectivity index (χ0n) is 14.2. The van der Waals surface area contributed by atoms with Crippen molar-refractivity contribution in [2.75, 3.05) is 26.8 Å². The van der Waals surface area contributed by atoms with E-state index in [1.165, 1.54) is 12.0 Å². The molecular weight excluding hydrogens is 393 g/mol. The van der Waals surface area contributed by atoms with Gasteiger partial charge in [0.2, 0.25) is 0 Å². The Bertz CT molecular complexity index is 433. The lowest BCUT2D eigenvalue weighted by molar-refractivity contribution is 0.129. The number of hydrogen-bond acceptors (Lipinski definition) is 3. The van der Waals surface area contributed by atoms with Crippen LogP contribution in [0.5, 0.6) is 0 Å². The first-order chi connectivity index (χ1) is 10.2. The molecule has 5 nitrogen and oxygen atoms in total. The summed E-state index contributed by atoms with van der Waals surface area (Å²) in [6, 6.07) is 2.05. The molecule has 1 heterocycles. The van der Waals surface area contributed by atoms with Gasteiger partial charge in [-0.05, 0) is 32.8 Å². The van der Waals surface area contributed by atoms with Crippen LogP contribution in [0.1, 0.15) is 43.3 Å². The highest BCUT2D eigenvalue weighted by molar-refractivity contribution is 14.0. The van der Waals surface area contributed by atoms with Crippen LogP contribution in [-0.4, -0.2) is 32.8 Å². The summed E-state index contributed by atoms with van der Waals surface area (Å²) in [4.78, 5) is 4.21. The van der Waals surface area contributed by atoms with E-state index >= 15 is 0 Å². The molecule has 0 bridgehead atoms. The second-order valence-electron chi connectivity index (χ2n) is 5.11. The molecule has 0 amide bonds. The maximum Gasteiger partial charge on any atom is 0.191 e. The molecule has 0 saturated heterocycles. The highest BCUT2D eigenvalue weighted by atomic mass is 127. The van der Waals surface area contributed by atoms with Gasteiger partial charge in [0.1, 0.15) is 11.5 Å². The van der Waals surface area contributed by atoms with Crippen LogP contribution >= 0.6 is 24.0 Å². The smallest absolute Gasteiger partial charge is 0.191 e. The molecule has 2 N–H and O–H groups in total.